The molecule has 6 rings (SSSR count). The summed E-state index contributed by atoms with van der Waals surface area (Å²) in [6, 6.07) is 2.56. The van der Waals surface area contributed by atoms with E-state index in [-0.39, 0.29) is 28.2 Å². The number of likely N-dealkylation sites (N-methyl/N-ethyl adjacent to an activating group) is 1. The standard InChI is InChI=1S/C30H38N8O3S.C2H6/c1-4-7-20(25(32)19-9-5-10-22-24(19)21(14-31)27(33)42-22)26(39)28-34-29-23(17(2)36-38(29)12-13-40-16-38)30(35-28)41-15-18-8-6-11-37(18)3;1-2/h18-19H,4-13,15-16,33H2,1-3H3,(H-,32,39);1-2H3/p+1/t18-,19-,38?;/m0./s1. The summed E-state index contributed by atoms with van der Waals surface area (Å²) in [7, 11) is 2.11. The van der Waals surface area contributed by atoms with Crippen molar-refractivity contribution in [3.05, 3.63) is 38.7 Å². The summed E-state index contributed by atoms with van der Waals surface area (Å²) in [5.74, 6) is 0.534. The monoisotopic (exact) mass is 621 g/mol. The molecule has 5 heterocycles. The molecule has 3 atom stereocenters. The Kier molecular flexibility index (Phi) is 9.70. The summed E-state index contributed by atoms with van der Waals surface area (Å²) < 4.78 is 12.3. The van der Waals surface area contributed by atoms with Gasteiger partial charge in [-0.15, -0.1) is 15.9 Å². The predicted molar refractivity (Wildman–Crippen MR) is 174 cm³/mol. The molecule has 44 heavy (non-hydrogen) atoms. The minimum absolute atomic E-state index is 0.0607. The fraction of sp³-hybridized carbons (Fsp3) is 0.594. The lowest BCUT2D eigenvalue weighted by molar-refractivity contribution is 0.101. The van der Waals surface area contributed by atoms with E-state index < -0.39 is 0 Å². The van der Waals surface area contributed by atoms with Crippen molar-refractivity contribution in [1.29, 1.82) is 5.26 Å². The number of fused-ring (bicyclic) bond motifs is 3. The van der Waals surface area contributed by atoms with E-state index in [1.165, 1.54) is 11.3 Å². The van der Waals surface area contributed by atoms with E-state index in [2.05, 4.69) is 18.0 Å². The van der Waals surface area contributed by atoms with Crippen LogP contribution in [0.1, 0.15) is 104 Å². The number of thiophene rings is 1. The summed E-state index contributed by atoms with van der Waals surface area (Å²) in [6.45, 7) is 11.0. The quantitative estimate of drug-likeness (QED) is 0.240. The second-order valence-corrected chi connectivity index (χ2v) is 12.9. The first kappa shape index (κ1) is 32.0. The minimum atomic E-state index is -0.309. The lowest BCUT2D eigenvalue weighted by atomic mass is 9.80. The number of anilines is 1. The number of likely N-dealkylation sites (tertiary alicyclic amines) is 1. The van der Waals surface area contributed by atoms with Gasteiger partial charge in [0.15, 0.2) is 0 Å². The van der Waals surface area contributed by atoms with Gasteiger partial charge in [-0.25, -0.2) is 0 Å². The number of aryl methyl sites for hydroxylation is 1. The van der Waals surface area contributed by atoms with Crippen LogP contribution in [0.25, 0.3) is 0 Å². The van der Waals surface area contributed by atoms with Crippen LogP contribution in [0.5, 0.6) is 5.88 Å². The van der Waals surface area contributed by atoms with Crippen LogP contribution in [-0.4, -0.2) is 72.5 Å². The van der Waals surface area contributed by atoms with Gasteiger partial charge in [-0.1, -0.05) is 32.3 Å². The molecule has 3 aliphatic heterocycles. The number of nitrogens with two attached hydrogens (primary N) is 2. The van der Waals surface area contributed by atoms with E-state index in [0.29, 0.717) is 66.4 Å². The first-order chi connectivity index (χ1) is 21.3. The van der Waals surface area contributed by atoms with Gasteiger partial charge in [-0.3, -0.25) is 4.79 Å². The van der Waals surface area contributed by atoms with Crippen LogP contribution in [0, 0.1) is 11.3 Å². The maximum absolute atomic E-state index is 14.4. The van der Waals surface area contributed by atoms with Crippen molar-refractivity contribution in [2.45, 2.75) is 84.6 Å². The number of ether oxygens (including phenoxy) is 2. The number of nitrogen functional groups attached to an aromatic ring is 1. The second-order valence-electron chi connectivity index (χ2n) is 11.8. The lowest BCUT2D eigenvalue weighted by Crippen LogP contribution is -2.40. The molecule has 12 heteroatoms. The topological polar surface area (TPSA) is 153 Å². The van der Waals surface area contributed by atoms with Crippen LogP contribution >= 0.6 is 11.3 Å². The number of carbonyl (C=O) groups excluding carboxylic acids is 1. The third-order valence-corrected chi connectivity index (χ3v) is 10.2. The Bertz CT molecular complexity index is 1520. The van der Waals surface area contributed by atoms with Gasteiger partial charge in [0.2, 0.25) is 24.2 Å². The van der Waals surface area contributed by atoms with Crippen molar-refractivity contribution in [2.24, 2.45) is 10.8 Å². The second kappa shape index (κ2) is 13.3. The van der Waals surface area contributed by atoms with E-state index >= 15 is 0 Å². The van der Waals surface area contributed by atoms with E-state index in [4.69, 9.17) is 36.0 Å². The number of nitrogens with zero attached hydrogens (tertiary/aromatic N) is 6. The van der Waals surface area contributed by atoms with Gasteiger partial charge in [0.05, 0.1) is 5.56 Å². The van der Waals surface area contributed by atoms with Gasteiger partial charge < -0.3 is 25.8 Å². The van der Waals surface area contributed by atoms with Crippen LogP contribution in [0.2, 0.25) is 0 Å². The predicted octanol–water partition coefficient (Wildman–Crippen LogP) is 4.84. The highest BCUT2D eigenvalue weighted by molar-refractivity contribution is 7.16. The molecule has 4 aliphatic rings. The number of hydrogen-bond donors (Lipinski definition) is 2. The molecule has 4 N–H and O–H groups in total. The van der Waals surface area contributed by atoms with Crippen molar-refractivity contribution in [3.8, 4) is 11.9 Å². The summed E-state index contributed by atoms with van der Waals surface area (Å²) in [6.07, 6.45) is 5.90. The van der Waals surface area contributed by atoms with Crippen molar-refractivity contribution < 1.29 is 14.3 Å². The highest BCUT2D eigenvalue weighted by atomic mass is 32.1. The number of ketones is 1. The average Bonchev–Trinajstić information content (AvgIpc) is 3.81. The Balaban J connectivity index is 0.00000188. The maximum atomic E-state index is 14.4. The molecule has 2 aromatic rings. The third kappa shape index (κ3) is 5.62. The molecule has 0 radical (unpaired) electrons. The highest BCUT2D eigenvalue weighted by Crippen LogP contribution is 2.45. The zero-order valence-corrected chi connectivity index (χ0v) is 27.4. The van der Waals surface area contributed by atoms with Crippen molar-refractivity contribution >= 4 is 33.7 Å². The normalized spacial score (nSPS) is 24.6. The zero-order valence-electron chi connectivity index (χ0n) is 26.6. The van der Waals surface area contributed by atoms with Crippen LogP contribution in [0.3, 0.4) is 0 Å². The van der Waals surface area contributed by atoms with Gasteiger partial charge in [0.25, 0.3) is 5.82 Å². The van der Waals surface area contributed by atoms with Crippen LogP contribution in [-0.2, 0) is 11.2 Å². The average molecular weight is 622 g/mol. The SMILES string of the molecule is CC.CCC/C(C(=O)c1nc(OC[C@@H]2CCCN2C)c2c(n1)[N+]1(CCOC1)N=C2C)=C(/N)[C@H]1CCCc2sc(N)c(C#N)c21. The Morgan fingerprint density at radius 1 is 1.27 bits per heavy atom. The molecule has 0 aromatic carbocycles. The van der Waals surface area contributed by atoms with Crippen molar-refractivity contribution in [3.63, 3.8) is 0 Å². The van der Waals surface area contributed by atoms with Crippen LogP contribution in [0.4, 0.5) is 10.8 Å². The molecule has 0 bridgehead atoms. The summed E-state index contributed by atoms with van der Waals surface area (Å²) in [4.78, 5) is 27.4. The zero-order chi connectivity index (χ0) is 31.6. The molecule has 236 valence electrons. The molecule has 1 spiro atoms. The number of rotatable bonds is 8. The number of carbonyl (C=O) groups is 1. The fourth-order valence-corrected chi connectivity index (χ4v) is 7.95. The van der Waals surface area contributed by atoms with Crippen LogP contribution < -0.4 is 20.8 Å². The van der Waals surface area contributed by atoms with E-state index in [1.54, 1.807) is 0 Å². The fourth-order valence-electron chi connectivity index (χ4n) is 6.83. The molecule has 1 aliphatic carbocycles. The molecule has 2 saturated heterocycles. The first-order valence-corrected chi connectivity index (χ1v) is 16.7. The van der Waals surface area contributed by atoms with Crippen molar-refractivity contribution in [2.75, 3.05) is 45.8 Å². The summed E-state index contributed by atoms with van der Waals surface area (Å²) in [5, 5.41) is 15.3. The van der Waals surface area contributed by atoms with Gasteiger partial charge in [-0.05, 0) is 64.6 Å². The number of hydrogen-bond acceptors (Lipinski definition) is 11. The number of quaternary nitrogens is 1. The number of Topliss-reactive ketones (excluding diaryl/α,β-unsaturated/α-hetero) is 1. The molecule has 0 saturated carbocycles. The van der Waals surface area contributed by atoms with Gasteiger partial charge >= 0.3 is 0 Å². The van der Waals surface area contributed by atoms with E-state index in [0.717, 1.165) is 66.8 Å². The minimum Gasteiger partial charge on any atom is -0.475 e. The number of nitriles is 1. The molecule has 2 fully saturated rings. The first-order valence-electron chi connectivity index (χ1n) is 15.9. The highest BCUT2D eigenvalue weighted by Gasteiger charge is 2.48. The van der Waals surface area contributed by atoms with Gasteiger partial charge in [0.1, 0.15) is 42.1 Å². The molecular weight excluding hydrogens is 576 g/mol. The number of aromatic nitrogens is 2. The Morgan fingerprint density at radius 2 is 2.07 bits per heavy atom. The molecule has 1 unspecified atom stereocenters. The smallest absolute Gasteiger partial charge is 0.273 e. The van der Waals surface area contributed by atoms with Gasteiger partial charge in [0, 0.05) is 28.1 Å². The van der Waals surface area contributed by atoms with Crippen LogP contribution in [0.15, 0.2) is 16.4 Å². The Labute approximate surface area is 264 Å². The largest absolute Gasteiger partial charge is 0.475 e. The van der Waals surface area contributed by atoms with Crippen molar-refractivity contribution in [1.82, 2.24) is 19.5 Å². The van der Waals surface area contributed by atoms with E-state index in [9.17, 15) is 10.1 Å². The third-order valence-electron chi connectivity index (χ3n) is 9.06. The molecule has 0 amide bonds. The molecule has 2 aromatic heterocycles. The lowest BCUT2D eigenvalue weighted by Gasteiger charge is -2.26. The molecular formula is C32H45N8O3S+. The summed E-state index contributed by atoms with van der Waals surface area (Å²) >= 11 is 1.46. The summed E-state index contributed by atoms with van der Waals surface area (Å²) in [5.41, 5.74) is 17.0. The molecule has 11 nitrogen and oxygen atoms in total. The maximum Gasteiger partial charge on any atom is 0.273 e. The Morgan fingerprint density at radius 3 is 2.73 bits per heavy atom. The van der Waals surface area contributed by atoms with E-state index in [1.807, 2.05) is 27.7 Å². The number of allylic oxidation sites excluding steroid dienone is 2. The van der Waals surface area contributed by atoms with Gasteiger partial charge in [-0.2, -0.15) is 15.2 Å². The Hall–Kier alpha value is -3.37.